The number of aryl methyl sites for hydroxylation is 1. The summed E-state index contributed by atoms with van der Waals surface area (Å²) in [6, 6.07) is 14.3. The molecule has 2 N–H and O–H groups in total. The molecule has 0 unspecified atom stereocenters. The number of fused-ring (bicyclic) bond motifs is 1. The number of amides is 1. The van der Waals surface area contributed by atoms with Crippen LogP contribution >= 0.6 is 11.3 Å². The number of carbonyl (C=O) groups is 1. The molecule has 0 atom stereocenters. The van der Waals surface area contributed by atoms with Gasteiger partial charge in [0.25, 0.3) is 11.5 Å². The van der Waals surface area contributed by atoms with Crippen LogP contribution in [0.4, 0.5) is 5.13 Å². The highest BCUT2D eigenvalue weighted by atomic mass is 32.1. The maximum atomic E-state index is 12.9. The molecule has 0 spiro atoms. The van der Waals surface area contributed by atoms with Gasteiger partial charge in [0.05, 0.1) is 12.1 Å². The Balaban J connectivity index is 1.66. The molecule has 2 aromatic heterocycles. The Bertz CT molecular complexity index is 1330. The molecule has 31 heavy (non-hydrogen) atoms. The van der Waals surface area contributed by atoms with Crippen LogP contribution in [0.25, 0.3) is 21.5 Å². The number of hydrogen-bond acceptors (Lipinski definition) is 7. The van der Waals surface area contributed by atoms with Crippen LogP contribution in [0.15, 0.2) is 53.3 Å². The van der Waals surface area contributed by atoms with Gasteiger partial charge in [0, 0.05) is 17.5 Å². The van der Waals surface area contributed by atoms with E-state index >= 15 is 0 Å². The minimum Gasteiger partial charge on any atom is -0.506 e. The highest BCUT2D eigenvalue weighted by Crippen LogP contribution is 2.30. The van der Waals surface area contributed by atoms with Crippen molar-refractivity contribution in [2.75, 3.05) is 11.9 Å². The molecule has 0 radical (unpaired) electrons. The molecule has 9 heteroatoms. The Morgan fingerprint density at radius 2 is 1.97 bits per heavy atom. The zero-order chi connectivity index (χ0) is 22.0. The molecule has 158 valence electrons. The van der Waals surface area contributed by atoms with Gasteiger partial charge in [-0.2, -0.15) is 0 Å². The third-order valence-corrected chi connectivity index (χ3v) is 5.61. The predicted molar refractivity (Wildman–Crippen MR) is 120 cm³/mol. The first kappa shape index (κ1) is 20.5. The maximum Gasteiger partial charge on any atom is 0.267 e. The second-order valence-electron chi connectivity index (χ2n) is 6.62. The van der Waals surface area contributed by atoms with E-state index in [9.17, 15) is 14.7 Å². The summed E-state index contributed by atoms with van der Waals surface area (Å²) in [5.74, 6) is -0.375. The van der Waals surface area contributed by atoms with E-state index in [0.717, 1.165) is 16.9 Å². The Morgan fingerprint density at radius 1 is 1.16 bits per heavy atom. The van der Waals surface area contributed by atoms with Crippen molar-refractivity contribution in [3.05, 3.63) is 64.4 Å². The quantitative estimate of drug-likeness (QED) is 0.475. The van der Waals surface area contributed by atoms with E-state index in [0.29, 0.717) is 34.8 Å². The number of hydrogen-bond donors (Lipinski definition) is 2. The van der Waals surface area contributed by atoms with Crippen molar-refractivity contribution >= 4 is 33.3 Å². The van der Waals surface area contributed by atoms with E-state index in [-0.39, 0.29) is 16.4 Å². The molecular weight excluding hydrogens is 416 g/mol. The first-order valence-electron chi connectivity index (χ1n) is 9.76. The second kappa shape index (κ2) is 8.57. The number of aromatic nitrogens is 3. The number of anilines is 1. The van der Waals surface area contributed by atoms with Crippen molar-refractivity contribution in [1.82, 2.24) is 14.8 Å². The molecule has 0 aliphatic carbocycles. The van der Waals surface area contributed by atoms with Crippen LogP contribution < -0.4 is 15.6 Å². The highest BCUT2D eigenvalue weighted by Gasteiger charge is 2.23. The van der Waals surface area contributed by atoms with Gasteiger partial charge in [0.2, 0.25) is 5.13 Å². The van der Waals surface area contributed by atoms with Crippen LogP contribution in [-0.4, -0.2) is 32.4 Å². The summed E-state index contributed by atoms with van der Waals surface area (Å²) in [5, 5.41) is 22.6. The summed E-state index contributed by atoms with van der Waals surface area (Å²) in [7, 11) is 0. The molecule has 8 nitrogen and oxygen atoms in total. The fourth-order valence-corrected chi connectivity index (χ4v) is 4.08. The molecule has 0 bridgehead atoms. The molecule has 0 saturated carbocycles. The van der Waals surface area contributed by atoms with Crippen molar-refractivity contribution < 1.29 is 14.6 Å². The van der Waals surface area contributed by atoms with Gasteiger partial charge in [0.15, 0.2) is 0 Å². The third-order valence-electron chi connectivity index (χ3n) is 4.73. The van der Waals surface area contributed by atoms with Gasteiger partial charge in [-0.05, 0) is 38.1 Å². The van der Waals surface area contributed by atoms with Gasteiger partial charge < -0.3 is 14.4 Å². The highest BCUT2D eigenvalue weighted by molar-refractivity contribution is 7.18. The van der Waals surface area contributed by atoms with Crippen LogP contribution in [0.1, 0.15) is 24.2 Å². The number of nitrogens with one attached hydrogen (secondary N) is 1. The van der Waals surface area contributed by atoms with Crippen LogP contribution in [0.2, 0.25) is 0 Å². The third kappa shape index (κ3) is 3.87. The predicted octanol–water partition coefficient (Wildman–Crippen LogP) is 3.90. The Labute approximate surface area is 181 Å². The lowest BCUT2D eigenvalue weighted by atomic mass is 10.1. The van der Waals surface area contributed by atoms with Crippen LogP contribution in [-0.2, 0) is 6.54 Å². The van der Waals surface area contributed by atoms with Crippen molar-refractivity contribution in [3.63, 3.8) is 0 Å². The summed E-state index contributed by atoms with van der Waals surface area (Å²) in [5.41, 5.74) is 0.475. The van der Waals surface area contributed by atoms with Crippen LogP contribution in [0.5, 0.6) is 11.5 Å². The standard InChI is InChI=1S/C22H20N4O4S/c1-3-26-16-11-6-5-10-15(16)18(27)17(21(26)29)19(28)23-22-25-24-20(31-22)13-8-7-9-14(12-13)30-4-2/h5-12,27H,3-4H2,1-2H3,(H,23,25,28). The molecule has 0 fully saturated rings. The molecule has 1 amide bonds. The first-order valence-corrected chi connectivity index (χ1v) is 10.6. The molecule has 4 aromatic rings. The minimum atomic E-state index is -0.735. The number of rotatable bonds is 6. The van der Waals surface area contributed by atoms with E-state index < -0.39 is 11.5 Å². The van der Waals surface area contributed by atoms with Crippen molar-refractivity contribution in [2.45, 2.75) is 20.4 Å². The fourth-order valence-electron chi connectivity index (χ4n) is 3.34. The summed E-state index contributed by atoms with van der Waals surface area (Å²) in [4.78, 5) is 25.8. The van der Waals surface area contributed by atoms with Crippen molar-refractivity contribution in [3.8, 4) is 22.1 Å². The van der Waals surface area contributed by atoms with E-state index in [1.807, 2.05) is 31.2 Å². The van der Waals surface area contributed by atoms with Gasteiger partial charge >= 0.3 is 0 Å². The van der Waals surface area contributed by atoms with Gasteiger partial charge in [-0.15, -0.1) is 10.2 Å². The number of benzene rings is 2. The number of ether oxygens (including phenoxy) is 1. The molecule has 0 saturated heterocycles. The molecule has 0 aliphatic rings. The van der Waals surface area contributed by atoms with Crippen LogP contribution in [0, 0.1) is 0 Å². The molecule has 2 aromatic carbocycles. The second-order valence-corrected chi connectivity index (χ2v) is 7.60. The van der Waals surface area contributed by atoms with Gasteiger partial charge in [-0.1, -0.05) is 35.6 Å². The van der Waals surface area contributed by atoms with Gasteiger partial charge in [-0.25, -0.2) is 0 Å². The fraction of sp³-hybridized carbons (Fsp3) is 0.182. The lowest BCUT2D eigenvalue weighted by Gasteiger charge is -2.12. The van der Waals surface area contributed by atoms with E-state index in [1.54, 1.807) is 31.2 Å². The molecule has 0 aliphatic heterocycles. The topological polar surface area (TPSA) is 106 Å². The summed E-state index contributed by atoms with van der Waals surface area (Å²) >= 11 is 1.16. The molecular formula is C22H20N4O4S. The average Bonchev–Trinajstić information content (AvgIpc) is 3.23. The number of para-hydroxylation sites is 1. The Hall–Kier alpha value is -3.72. The van der Waals surface area contributed by atoms with Crippen molar-refractivity contribution in [2.24, 2.45) is 0 Å². The SMILES string of the molecule is CCOc1cccc(-c2nnc(NC(=O)c3c(O)c4ccccc4n(CC)c3=O)s2)c1. The lowest BCUT2D eigenvalue weighted by Crippen LogP contribution is -2.29. The largest absolute Gasteiger partial charge is 0.506 e. The van der Waals surface area contributed by atoms with Gasteiger partial charge in [-0.3, -0.25) is 14.9 Å². The zero-order valence-corrected chi connectivity index (χ0v) is 17.8. The minimum absolute atomic E-state index is 0.219. The Kier molecular flexibility index (Phi) is 5.68. The van der Waals surface area contributed by atoms with E-state index in [4.69, 9.17) is 4.74 Å². The average molecular weight is 436 g/mol. The first-order chi connectivity index (χ1) is 15.0. The molecule has 4 rings (SSSR count). The monoisotopic (exact) mass is 436 g/mol. The van der Waals surface area contributed by atoms with Gasteiger partial charge in [0.1, 0.15) is 22.1 Å². The maximum absolute atomic E-state index is 12.9. The zero-order valence-electron chi connectivity index (χ0n) is 17.0. The van der Waals surface area contributed by atoms with Crippen LogP contribution in [0.3, 0.4) is 0 Å². The number of carbonyl (C=O) groups excluding carboxylic acids is 1. The molecule has 2 heterocycles. The van der Waals surface area contributed by atoms with Crippen molar-refractivity contribution in [1.29, 1.82) is 0 Å². The van der Waals surface area contributed by atoms with E-state index in [1.165, 1.54) is 4.57 Å². The number of aromatic hydroxyl groups is 1. The smallest absolute Gasteiger partial charge is 0.267 e. The summed E-state index contributed by atoms with van der Waals surface area (Å²) in [6.07, 6.45) is 0. The Morgan fingerprint density at radius 3 is 2.74 bits per heavy atom. The number of nitrogens with zero attached hydrogens (tertiary/aromatic N) is 3. The number of pyridine rings is 1. The normalized spacial score (nSPS) is 10.9. The lowest BCUT2D eigenvalue weighted by molar-refractivity contribution is 0.102. The summed E-state index contributed by atoms with van der Waals surface area (Å²) in [6.45, 7) is 4.62. The van der Waals surface area contributed by atoms with E-state index in [2.05, 4.69) is 15.5 Å². The summed E-state index contributed by atoms with van der Waals surface area (Å²) < 4.78 is 6.96.